The summed E-state index contributed by atoms with van der Waals surface area (Å²) in [5, 5.41) is 20.0. The van der Waals surface area contributed by atoms with Crippen molar-refractivity contribution in [2.75, 3.05) is 7.11 Å². The van der Waals surface area contributed by atoms with Crippen molar-refractivity contribution in [2.45, 2.75) is 0 Å². The van der Waals surface area contributed by atoms with E-state index in [1.54, 1.807) is 6.07 Å². The molecule has 2 rings (SSSR count). The highest BCUT2D eigenvalue weighted by atomic mass is 16.6. The molecule has 0 aromatic heterocycles. The van der Waals surface area contributed by atoms with Gasteiger partial charge in [0.1, 0.15) is 5.75 Å². The number of hydrogen-bond acceptors (Lipinski definition) is 5. The first kappa shape index (κ1) is 14.3. The van der Waals surface area contributed by atoms with Gasteiger partial charge in [-0.15, -0.1) is 0 Å². The first-order chi connectivity index (χ1) is 10.0. The Bertz CT molecular complexity index is 698. The molecule has 0 amide bonds. The summed E-state index contributed by atoms with van der Waals surface area (Å²) < 4.78 is 10.4. The van der Waals surface area contributed by atoms with Gasteiger partial charge in [-0.25, -0.2) is 4.79 Å². The predicted octanol–water partition coefficient (Wildman–Crippen LogP) is 3.09. The number of methoxy groups -OCH3 is 1. The minimum atomic E-state index is -1.11. The molecule has 0 saturated carbocycles. The van der Waals surface area contributed by atoms with Crippen LogP contribution >= 0.6 is 0 Å². The third-order valence-corrected chi connectivity index (χ3v) is 2.67. The first-order valence-corrected chi connectivity index (χ1v) is 5.85. The van der Waals surface area contributed by atoms with E-state index in [4.69, 9.17) is 14.6 Å². The van der Waals surface area contributed by atoms with Gasteiger partial charge < -0.3 is 14.6 Å². The van der Waals surface area contributed by atoms with Gasteiger partial charge in [-0.05, 0) is 30.3 Å². The Balaban J connectivity index is 2.42. The summed E-state index contributed by atoms with van der Waals surface area (Å²) in [5.74, 6) is -0.888. The highest BCUT2D eigenvalue weighted by Gasteiger charge is 2.22. The fourth-order valence-electron chi connectivity index (χ4n) is 1.75. The van der Waals surface area contributed by atoms with Gasteiger partial charge in [0.15, 0.2) is 0 Å². The summed E-state index contributed by atoms with van der Waals surface area (Å²) in [5.41, 5.74) is -0.293. The lowest BCUT2D eigenvalue weighted by Crippen LogP contribution is -1.99. The van der Waals surface area contributed by atoms with Gasteiger partial charge in [0.2, 0.25) is 11.5 Å². The Kier molecular flexibility index (Phi) is 4.03. The zero-order valence-corrected chi connectivity index (χ0v) is 11.0. The molecule has 7 nitrogen and oxygen atoms in total. The lowest BCUT2D eigenvalue weighted by molar-refractivity contribution is -0.386. The molecular formula is C14H11NO6. The van der Waals surface area contributed by atoms with Gasteiger partial charge in [-0.1, -0.05) is 12.1 Å². The molecule has 0 saturated heterocycles. The summed E-state index contributed by atoms with van der Waals surface area (Å²) >= 11 is 0. The van der Waals surface area contributed by atoms with E-state index < -0.39 is 10.9 Å². The monoisotopic (exact) mass is 289 g/mol. The molecule has 7 heteroatoms. The molecule has 2 aromatic rings. The van der Waals surface area contributed by atoms with Crippen LogP contribution in [0.25, 0.3) is 0 Å². The van der Waals surface area contributed by atoms with Crippen molar-refractivity contribution in [3.63, 3.8) is 0 Å². The molecule has 0 aliphatic rings. The van der Waals surface area contributed by atoms with Crippen LogP contribution in [0.2, 0.25) is 0 Å². The highest BCUT2D eigenvalue weighted by molar-refractivity contribution is 5.88. The fraction of sp³-hybridized carbons (Fsp3) is 0.0714. The summed E-state index contributed by atoms with van der Waals surface area (Å²) in [6.45, 7) is 0. The normalized spacial score (nSPS) is 9.95. The van der Waals surface area contributed by atoms with Crippen molar-refractivity contribution in [3.8, 4) is 17.2 Å². The molecule has 108 valence electrons. The molecule has 0 bridgehead atoms. The Labute approximate surface area is 119 Å². The van der Waals surface area contributed by atoms with E-state index in [1.807, 2.05) is 0 Å². The van der Waals surface area contributed by atoms with E-state index in [-0.39, 0.29) is 28.5 Å². The number of nitrogens with zero attached hydrogens (tertiary/aromatic N) is 1. The van der Waals surface area contributed by atoms with Crippen molar-refractivity contribution in [2.24, 2.45) is 0 Å². The van der Waals surface area contributed by atoms with Crippen molar-refractivity contribution in [1.29, 1.82) is 0 Å². The Morgan fingerprint density at radius 2 is 1.86 bits per heavy atom. The van der Waals surface area contributed by atoms with Crippen molar-refractivity contribution in [1.82, 2.24) is 0 Å². The second-order valence-electron chi connectivity index (χ2n) is 4.00. The third-order valence-electron chi connectivity index (χ3n) is 2.67. The Morgan fingerprint density at radius 1 is 1.19 bits per heavy atom. The second-order valence-corrected chi connectivity index (χ2v) is 4.00. The number of carboxylic acid groups (broad SMARTS) is 1. The van der Waals surface area contributed by atoms with Crippen LogP contribution in [0.1, 0.15) is 10.4 Å². The van der Waals surface area contributed by atoms with Crippen LogP contribution in [-0.2, 0) is 0 Å². The van der Waals surface area contributed by atoms with Gasteiger partial charge >= 0.3 is 11.7 Å². The average Bonchev–Trinajstić information content (AvgIpc) is 2.46. The standard InChI is InChI=1S/C14H11NO6/c1-20-11-6-3-7-12(13(11)15(18)19)21-10-5-2-4-9(8-10)14(16)17/h2-8H,1H3,(H,16,17). The highest BCUT2D eigenvalue weighted by Crippen LogP contribution is 2.38. The van der Waals surface area contributed by atoms with Crippen LogP contribution in [0.15, 0.2) is 42.5 Å². The van der Waals surface area contributed by atoms with Gasteiger partial charge in [0.25, 0.3) is 0 Å². The number of carbonyl (C=O) groups is 1. The molecular weight excluding hydrogens is 278 g/mol. The SMILES string of the molecule is COc1cccc(Oc2cccc(C(=O)O)c2)c1[N+](=O)[O-]. The summed E-state index contributed by atoms with van der Waals surface area (Å²) in [4.78, 5) is 21.4. The van der Waals surface area contributed by atoms with Crippen LogP contribution < -0.4 is 9.47 Å². The van der Waals surface area contributed by atoms with Crippen molar-refractivity contribution in [3.05, 3.63) is 58.1 Å². The van der Waals surface area contributed by atoms with Crippen molar-refractivity contribution < 1.29 is 24.3 Å². The average molecular weight is 289 g/mol. The van der Waals surface area contributed by atoms with Crippen LogP contribution in [0.3, 0.4) is 0 Å². The topological polar surface area (TPSA) is 98.9 Å². The van der Waals surface area contributed by atoms with E-state index in [0.717, 1.165) is 0 Å². The molecule has 21 heavy (non-hydrogen) atoms. The number of carboxylic acids is 1. The molecule has 0 spiro atoms. The summed E-state index contributed by atoms with van der Waals surface area (Å²) in [6, 6.07) is 10.1. The fourth-order valence-corrected chi connectivity index (χ4v) is 1.75. The maximum atomic E-state index is 11.1. The molecule has 0 unspecified atom stereocenters. The van der Waals surface area contributed by atoms with E-state index in [9.17, 15) is 14.9 Å². The lowest BCUT2D eigenvalue weighted by atomic mass is 10.2. The van der Waals surface area contributed by atoms with Gasteiger partial charge in [-0.3, -0.25) is 10.1 Å². The zero-order chi connectivity index (χ0) is 15.4. The third kappa shape index (κ3) is 3.08. The van der Waals surface area contributed by atoms with Crippen LogP contribution in [-0.4, -0.2) is 23.1 Å². The zero-order valence-electron chi connectivity index (χ0n) is 11.0. The molecule has 0 aliphatic heterocycles. The minimum absolute atomic E-state index is 0.0260. The molecule has 0 atom stereocenters. The summed E-state index contributed by atoms with van der Waals surface area (Å²) in [6.07, 6.45) is 0. The molecule has 0 aliphatic carbocycles. The van der Waals surface area contributed by atoms with Crippen LogP contribution in [0.4, 0.5) is 5.69 Å². The van der Waals surface area contributed by atoms with Crippen LogP contribution in [0.5, 0.6) is 17.2 Å². The van der Waals surface area contributed by atoms with Gasteiger partial charge in [0, 0.05) is 0 Å². The van der Waals surface area contributed by atoms with Crippen molar-refractivity contribution >= 4 is 11.7 Å². The first-order valence-electron chi connectivity index (χ1n) is 5.85. The molecule has 0 radical (unpaired) electrons. The number of nitro benzene ring substituents is 1. The number of nitro groups is 1. The number of benzene rings is 2. The largest absolute Gasteiger partial charge is 0.490 e. The number of aromatic carboxylic acids is 1. The Morgan fingerprint density at radius 3 is 2.48 bits per heavy atom. The second kappa shape index (κ2) is 5.91. The quantitative estimate of drug-likeness (QED) is 0.670. The number of hydrogen-bond donors (Lipinski definition) is 1. The minimum Gasteiger partial charge on any atom is -0.490 e. The molecule has 1 N–H and O–H groups in total. The molecule has 0 fully saturated rings. The molecule has 0 heterocycles. The van der Waals surface area contributed by atoms with Crippen LogP contribution in [0, 0.1) is 10.1 Å². The maximum Gasteiger partial charge on any atom is 0.352 e. The smallest absolute Gasteiger partial charge is 0.352 e. The predicted molar refractivity (Wildman–Crippen MR) is 73.1 cm³/mol. The van der Waals surface area contributed by atoms with E-state index in [1.165, 1.54) is 43.5 Å². The number of rotatable bonds is 5. The number of ether oxygens (including phenoxy) is 2. The van der Waals surface area contributed by atoms with Gasteiger partial charge in [-0.2, -0.15) is 0 Å². The van der Waals surface area contributed by atoms with E-state index in [0.29, 0.717) is 0 Å². The van der Waals surface area contributed by atoms with Gasteiger partial charge in [0.05, 0.1) is 17.6 Å². The van der Waals surface area contributed by atoms with E-state index >= 15 is 0 Å². The maximum absolute atomic E-state index is 11.1. The summed E-state index contributed by atoms with van der Waals surface area (Å²) in [7, 11) is 1.32. The van der Waals surface area contributed by atoms with E-state index in [2.05, 4.69) is 0 Å². The number of para-hydroxylation sites is 1. The Hall–Kier alpha value is -3.09. The lowest BCUT2D eigenvalue weighted by Gasteiger charge is -2.09. The molecule has 2 aromatic carbocycles.